The number of aromatic nitrogens is 3. The quantitative estimate of drug-likeness (QED) is 0.243. The Morgan fingerprint density at radius 1 is 1.07 bits per heavy atom. The third-order valence-corrected chi connectivity index (χ3v) is 9.30. The highest BCUT2D eigenvalue weighted by Crippen LogP contribution is 2.54. The number of pyridine rings is 1. The molecule has 0 unspecified atom stereocenters. The minimum atomic E-state index is -1.41. The van der Waals surface area contributed by atoms with Gasteiger partial charge in [0.1, 0.15) is 5.54 Å². The molecular formula is C29H28BrCl2N5O4. The molecule has 9 nitrogen and oxygen atoms in total. The number of hydrogen-bond donors (Lipinski definition) is 3. The van der Waals surface area contributed by atoms with Crippen LogP contribution in [-0.2, 0) is 22.6 Å². The molecule has 1 aromatic carbocycles. The van der Waals surface area contributed by atoms with E-state index in [1.807, 2.05) is 4.57 Å². The lowest BCUT2D eigenvalue weighted by Gasteiger charge is -2.48. The van der Waals surface area contributed by atoms with E-state index in [2.05, 4.69) is 36.5 Å². The maximum Gasteiger partial charge on any atom is 0.329 e. The molecule has 1 spiro atoms. The van der Waals surface area contributed by atoms with Crippen molar-refractivity contribution in [3.8, 4) is 0 Å². The smallest absolute Gasteiger partial charge is 0.329 e. The SMILES string of the molecule is O=C(Nc1ccc(C[C@@](CCn2ccnc2)(NC2=C(Br)C(=O)C23CCCCC3)C(=O)O)cc1)c1c(Cl)cncc1Cl. The zero-order chi connectivity index (χ0) is 29.2. The number of carbonyl (C=O) groups excluding carboxylic acids is 2. The number of amides is 1. The van der Waals surface area contributed by atoms with Crippen LogP contribution in [-0.4, -0.2) is 42.8 Å². The van der Waals surface area contributed by atoms with Gasteiger partial charge in [-0.2, -0.15) is 0 Å². The Bertz CT molecular complexity index is 1480. The van der Waals surface area contributed by atoms with Gasteiger partial charge in [0.2, 0.25) is 0 Å². The summed E-state index contributed by atoms with van der Waals surface area (Å²) in [6.07, 6.45) is 12.5. The largest absolute Gasteiger partial charge is 0.479 e. The van der Waals surface area contributed by atoms with Crippen LogP contribution >= 0.6 is 39.1 Å². The van der Waals surface area contributed by atoms with Gasteiger partial charge in [0.25, 0.3) is 5.91 Å². The van der Waals surface area contributed by atoms with Crippen molar-refractivity contribution in [3.63, 3.8) is 0 Å². The minimum absolute atomic E-state index is 0.0445. The molecule has 0 bridgehead atoms. The second-order valence-electron chi connectivity index (χ2n) is 10.5. The molecule has 1 saturated carbocycles. The first-order valence-electron chi connectivity index (χ1n) is 13.3. The standard InChI is InChI=1S/C29H28BrCl2N5O4/c30-23-24(28(25(23)38)8-2-1-3-9-28)36-29(27(40)41,10-12-37-13-11-33-17-37)14-18-4-6-19(7-5-18)35-26(39)22-20(31)15-34-16-21(22)32/h4-7,11,13,15-17,36H,1-3,8-10,12,14H2,(H,35,39)(H,40,41)/t29-/m1/s1. The van der Waals surface area contributed by atoms with Gasteiger partial charge < -0.3 is 20.3 Å². The summed E-state index contributed by atoms with van der Waals surface area (Å²) in [5.74, 6) is -1.46. The number of benzene rings is 1. The number of anilines is 1. The van der Waals surface area contributed by atoms with Gasteiger partial charge in [-0.3, -0.25) is 14.6 Å². The number of aryl methyl sites for hydroxylation is 1. The van der Waals surface area contributed by atoms with Crippen molar-refractivity contribution < 1.29 is 19.5 Å². The zero-order valence-corrected chi connectivity index (χ0v) is 25.1. The van der Waals surface area contributed by atoms with Gasteiger partial charge in [-0.1, -0.05) is 54.6 Å². The molecule has 2 aliphatic rings. The summed E-state index contributed by atoms with van der Waals surface area (Å²) in [4.78, 5) is 46.8. The minimum Gasteiger partial charge on any atom is -0.479 e. The molecule has 41 heavy (non-hydrogen) atoms. The first-order valence-corrected chi connectivity index (χ1v) is 14.8. The fraction of sp³-hybridized carbons (Fsp3) is 0.345. The summed E-state index contributed by atoms with van der Waals surface area (Å²) in [5, 5.41) is 17.1. The fourth-order valence-corrected chi connectivity index (χ4v) is 7.07. The molecule has 1 amide bonds. The van der Waals surface area contributed by atoms with Crippen molar-refractivity contribution in [2.24, 2.45) is 5.41 Å². The zero-order valence-electron chi connectivity index (χ0n) is 22.0. The number of carbonyl (C=O) groups is 3. The summed E-state index contributed by atoms with van der Waals surface area (Å²) < 4.78 is 2.26. The number of ketones is 1. The predicted molar refractivity (Wildman–Crippen MR) is 159 cm³/mol. The summed E-state index contributed by atoms with van der Waals surface area (Å²) in [7, 11) is 0. The second-order valence-corrected chi connectivity index (χ2v) is 12.1. The molecule has 3 N–H and O–H groups in total. The predicted octanol–water partition coefficient (Wildman–Crippen LogP) is 6.02. The Morgan fingerprint density at radius 3 is 2.37 bits per heavy atom. The summed E-state index contributed by atoms with van der Waals surface area (Å²) >= 11 is 15.7. The van der Waals surface area contributed by atoms with Gasteiger partial charge in [-0.25, -0.2) is 9.78 Å². The normalized spacial score (nSPS) is 17.6. The molecule has 3 aromatic rings. The van der Waals surface area contributed by atoms with Crippen molar-refractivity contribution in [1.82, 2.24) is 19.9 Å². The monoisotopic (exact) mass is 659 g/mol. The fourth-order valence-electron chi connectivity index (χ4n) is 5.68. The first kappa shape index (κ1) is 29.3. The molecular weight excluding hydrogens is 633 g/mol. The van der Waals surface area contributed by atoms with E-state index in [0.717, 1.165) is 24.8 Å². The number of nitrogens with zero attached hydrogens (tertiary/aromatic N) is 3. The van der Waals surface area contributed by atoms with Crippen LogP contribution in [0.15, 0.2) is 65.6 Å². The summed E-state index contributed by atoms with van der Waals surface area (Å²) in [6, 6.07) is 6.94. The third kappa shape index (κ3) is 5.78. The van der Waals surface area contributed by atoms with Crippen molar-refractivity contribution in [1.29, 1.82) is 0 Å². The Morgan fingerprint density at radius 2 is 1.76 bits per heavy atom. The van der Waals surface area contributed by atoms with Gasteiger partial charge >= 0.3 is 5.97 Å². The molecule has 1 atom stereocenters. The second kappa shape index (κ2) is 12.0. The average Bonchev–Trinajstić information content (AvgIpc) is 3.49. The average molecular weight is 661 g/mol. The van der Waals surface area contributed by atoms with Crippen LogP contribution in [0.2, 0.25) is 10.0 Å². The molecule has 12 heteroatoms. The third-order valence-electron chi connectivity index (χ3n) is 7.97. The molecule has 214 valence electrons. The van der Waals surface area contributed by atoms with E-state index < -0.39 is 22.8 Å². The number of rotatable bonds is 10. The van der Waals surface area contributed by atoms with Crippen molar-refractivity contribution in [2.75, 3.05) is 5.32 Å². The van der Waals surface area contributed by atoms with Crippen molar-refractivity contribution >= 4 is 62.5 Å². The van der Waals surface area contributed by atoms with Gasteiger partial charge in [-0.05, 0) is 52.9 Å². The van der Waals surface area contributed by atoms with Crippen LogP contribution in [0.25, 0.3) is 0 Å². The van der Waals surface area contributed by atoms with Crippen LogP contribution in [0.5, 0.6) is 0 Å². The van der Waals surface area contributed by atoms with Crippen molar-refractivity contribution in [2.45, 2.75) is 57.0 Å². The number of nitrogens with one attached hydrogen (secondary N) is 2. The number of hydrogen-bond acceptors (Lipinski definition) is 6. The van der Waals surface area contributed by atoms with E-state index in [9.17, 15) is 19.5 Å². The van der Waals surface area contributed by atoms with Crippen LogP contribution in [0.1, 0.15) is 54.4 Å². The highest BCUT2D eigenvalue weighted by molar-refractivity contribution is 9.12. The van der Waals surface area contributed by atoms with Gasteiger partial charge in [0, 0.05) is 49.1 Å². The van der Waals surface area contributed by atoms with Gasteiger partial charge in [0.05, 0.1) is 31.8 Å². The van der Waals surface area contributed by atoms with E-state index in [-0.39, 0.29) is 34.2 Å². The van der Waals surface area contributed by atoms with E-state index in [4.69, 9.17) is 23.2 Å². The number of Topliss-reactive ketones (excluding diaryl/α,β-unsaturated/α-hetero) is 1. The Kier molecular flexibility index (Phi) is 8.54. The number of allylic oxidation sites excluding steroid dienone is 2. The lowest BCUT2D eigenvalue weighted by Crippen LogP contribution is -2.60. The summed E-state index contributed by atoms with van der Waals surface area (Å²) in [6.45, 7) is 0.409. The van der Waals surface area contributed by atoms with E-state index in [1.165, 1.54) is 12.4 Å². The lowest BCUT2D eigenvalue weighted by atomic mass is 9.62. The van der Waals surface area contributed by atoms with E-state index >= 15 is 0 Å². The maximum atomic E-state index is 13.1. The van der Waals surface area contributed by atoms with Crippen LogP contribution in [0, 0.1) is 5.41 Å². The lowest BCUT2D eigenvalue weighted by molar-refractivity contribution is -0.146. The number of carboxylic acids is 1. The van der Waals surface area contributed by atoms with Gasteiger partial charge in [0.15, 0.2) is 5.78 Å². The molecule has 2 heterocycles. The Balaban J connectivity index is 1.41. The van der Waals surface area contributed by atoms with Crippen molar-refractivity contribution in [3.05, 3.63) is 86.7 Å². The van der Waals surface area contributed by atoms with Crippen LogP contribution in [0.3, 0.4) is 0 Å². The van der Waals surface area contributed by atoms with Gasteiger partial charge in [-0.15, -0.1) is 0 Å². The Hall–Kier alpha value is -3.21. The maximum absolute atomic E-state index is 13.1. The molecule has 5 rings (SSSR count). The number of imidazole rings is 1. The topological polar surface area (TPSA) is 126 Å². The highest BCUT2D eigenvalue weighted by atomic mass is 79.9. The van der Waals surface area contributed by atoms with E-state index in [0.29, 0.717) is 35.3 Å². The Labute approximate surface area is 255 Å². The number of halogens is 3. The molecule has 0 saturated heterocycles. The molecule has 0 radical (unpaired) electrons. The number of carboxylic acid groups (broad SMARTS) is 1. The summed E-state index contributed by atoms with van der Waals surface area (Å²) in [5.41, 5.74) is -0.0326. The van der Waals surface area contributed by atoms with E-state index in [1.54, 1.807) is 43.0 Å². The molecule has 1 fully saturated rings. The first-order chi connectivity index (χ1) is 19.6. The van der Waals surface area contributed by atoms with Crippen LogP contribution < -0.4 is 10.6 Å². The molecule has 2 aromatic heterocycles. The number of aliphatic carboxylic acids is 1. The highest BCUT2D eigenvalue weighted by Gasteiger charge is 2.56. The molecule has 2 aliphatic carbocycles. The molecule has 0 aliphatic heterocycles. The van der Waals surface area contributed by atoms with Crippen LogP contribution in [0.4, 0.5) is 5.69 Å².